The third-order valence-electron chi connectivity index (χ3n) is 3.07. The van der Waals surface area contributed by atoms with Crippen LogP contribution < -0.4 is 5.32 Å². The predicted molar refractivity (Wildman–Crippen MR) is 70.6 cm³/mol. The lowest BCUT2D eigenvalue weighted by Crippen LogP contribution is -2.32. The van der Waals surface area contributed by atoms with Crippen LogP contribution in [-0.2, 0) is 16.0 Å². The van der Waals surface area contributed by atoms with Gasteiger partial charge in [-0.3, -0.25) is 4.79 Å². The summed E-state index contributed by atoms with van der Waals surface area (Å²) in [5.74, 6) is 0.126. The molecule has 0 aliphatic carbocycles. The monoisotopic (exact) mass is 269 g/mol. The Morgan fingerprint density at radius 2 is 2.50 bits per heavy atom. The molecular weight excluding hydrogens is 250 g/mol. The number of nitrogens with one attached hydrogen (secondary N) is 1. The first kappa shape index (κ1) is 13.5. The summed E-state index contributed by atoms with van der Waals surface area (Å²) < 4.78 is 5.19. The quantitative estimate of drug-likeness (QED) is 0.851. The Balaban J connectivity index is 1.72. The second-order valence-corrected chi connectivity index (χ2v) is 5.78. The molecule has 1 aromatic rings. The molecule has 18 heavy (non-hydrogen) atoms. The van der Waals surface area contributed by atoms with Gasteiger partial charge in [-0.25, -0.2) is 0 Å². The van der Waals surface area contributed by atoms with Crippen LogP contribution in [0.5, 0.6) is 0 Å². The number of carbonyl (C=O) groups excluding carboxylic acids is 1. The average molecular weight is 269 g/mol. The van der Waals surface area contributed by atoms with E-state index in [1.165, 1.54) is 4.88 Å². The van der Waals surface area contributed by atoms with E-state index in [-0.39, 0.29) is 11.8 Å². The molecule has 1 aromatic heterocycles. The van der Waals surface area contributed by atoms with E-state index in [2.05, 4.69) is 5.32 Å². The molecule has 1 aliphatic rings. The van der Waals surface area contributed by atoms with Crippen molar-refractivity contribution in [3.05, 3.63) is 21.9 Å². The summed E-state index contributed by atoms with van der Waals surface area (Å²) in [7, 11) is 0. The van der Waals surface area contributed by atoms with Crippen LogP contribution in [0.25, 0.3) is 0 Å². The van der Waals surface area contributed by atoms with Gasteiger partial charge in [0.05, 0.1) is 18.6 Å². The molecular formula is C13H19NO3S. The molecule has 2 N–H and O–H groups in total. The number of aliphatic hydroxyl groups is 1. The van der Waals surface area contributed by atoms with Crippen LogP contribution >= 0.6 is 11.3 Å². The van der Waals surface area contributed by atoms with Gasteiger partial charge in [-0.05, 0) is 31.9 Å². The molecule has 2 atom stereocenters. The molecule has 0 aromatic carbocycles. The zero-order valence-electron chi connectivity index (χ0n) is 10.5. The summed E-state index contributed by atoms with van der Waals surface area (Å²) in [6.07, 6.45) is 1.24. The summed E-state index contributed by atoms with van der Waals surface area (Å²) >= 11 is 1.60. The summed E-state index contributed by atoms with van der Waals surface area (Å²) in [4.78, 5) is 13.9. The summed E-state index contributed by atoms with van der Waals surface area (Å²) in [6, 6.07) is 3.95. The highest BCUT2D eigenvalue weighted by Crippen LogP contribution is 2.23. The summed E-state index contributed by atoms with van der Waals surface area (Å²) in [6.45, 7) is 3.66. The molecule has 1 fully saturated rings. The minimum absolute atomic E-state index is 0.0290. The minimum atomic E-state index is -0.408. The largest absolute Gasteiger partial charge is 0.388 e. The molecule has 0 spiro atoms. The van der Waals surface area contributed by atoms with Crippen LogP contribution in [-0.4, -0.2) is 30.8 Å². The zero-order chi connectivity index (χ0) is 13.0. The van der Waals surface area contributed by atoms with Gasteiger partial charge in [0.25, 0.3) is 0 Å². The highest BCUT2D eigenvalue weighted by molar-refractivity contribution is 7.12. The smallest absolute Gasteiger partial charge is 0.225 e. The Labute approximate surface area is 111 Å². The van der Waals surface area contributed by atoms with Crippen molar-refractivity contribution in [2.45, 2.75) is 25.9 Å². The van der Waals surface area contributed by atoms with E-state index in [1.807, 2.05) is 12.1 Å². The van der Waals surface area contributed by atoms with E-state index in [0.717, 1.165) is 17.7 Å². The number of amides is 1. The lowest BCUT2D eigenvalue weighted by atomic mass is 10.1. The molecule has 1 aliphatic heterocycles. The summed E-state index contributed by atoms with van der Waals surface area (Å²) in [5.41, 5.74) is 0. The van der Waals surface area contributed by atoms with Crippen molar-refractivity contribution in [2.24, 2.45) is 5.92 Å². The standard InChI is InChI=1S/C13H19NO3S/c1-9(15)12-3-2-11(18-12)4-6-14-13(16)10-5-7-17-8-10/h2-3,9-10,15H,4-8H2,1H3,(H,14,16)/t9-,10+/m0/s1. The maximum atomic E-state index is 11.7. The molecule has 0 bridgehead atoms. The predicted octanol–water partition coefficient (Wildman–Crippen LogP) is 1.50. The minimum Gasteiger partial charge on any atom is -0.388 e. The number of rotatable bonds is 5. The van der Waals surface area contributed by atoms with Crippen molar-refractivity contribution in [2.75, 3.05) is 19.8 Å². The Morgan fingerprint density at radius 1 is 1.67 bits per heavy atom. The van der Waals surface area contributed by atoms with Crippen LogP contribution in [0.2, 0.25) is 0 Å². The maximum Gasteiger partial charge on any atom is 0.225 e. The maximum absolute atomic E-state index is 11.7. The van der Waals surface area contributed by atoms with Gasteiger partial charge < -0.3 is 15.2 Å². The van der Waals surface area contributed by atoms with E-state index in [1.54, 1.807) is 18.3 Å². The van der Waals surface area contributed by atoms with Crippen molar-refractivity contribution in [1.29, 1.82) is 0 Å². The van der Waals surface area contributed by atoms with Gasteiger partial charge in [-0.15, -0.1) is 11.3 Å². The third kappa shape index (κ3) is 3.54. The van der Waals surface area contributed by atoms with Crippen LogP contribution in [0.15, 0.2) is 12.1 Å². The molecule has 2 heterocycles. The number of hydrogen-bond donors (Lipinski definition) is 2. The van der Waals surface area contributed by atoms with Crippen molar-refractivity contribution in [1.82, 2.24) is 5.32 Å². The van der Waals surface area contributed by atoms with Gasteiger partial charge >= 0.3 is 0 Å². The van der Waals surface area contributed by atoms with E-state index in [0.29, 0.717) is 19.8 Å². The molecule has 5 heteroatoms. The Bertz CT molecular complexity index is 397. The van der Waals surface area contributed by atoms with Crippen LogP contribution in [0.3, 0.4) is 0 Å². The second kappa shape index (κ2) is 6.31. The Kier molecular flexibility index (Phi) is 4.74. The van der Waals surface area contributed by atoms with Crippen LogP contribution in [0.4, 0.5) is 0 Å². The average Bonchev–Trinajstić information content (AvgIpc) is 3.00. The highest BCUT2D eigenvalue weighted by Gasteiger charge is 2.22. The van der Waals surface area contributed by atoms with Crippen LogP contribution in [0.1, 0.15) is 29.2 Å². The molecule has 2 rings (SSSR count). The number of thiophene rings is 1. The Morgan fingerprint density at radius 3 is 3.11 bits per heavy atom. The lowest BCUT2D eigenvalue weighted by Gasteiger charge is -2.08. The van der Waals surface area contributed by atoms with E-state index < -0.39 is 6.10 Å². The van der Waals surface area contributed by atoms with Crippen molar-refractivity contribution < 1.29 is 14.6 Å². The molecule has 1 saturated heterocycles. The molecule has 100 valence electrons. The first-order valence-corrected chi connectivity index (χ1v) is 7.10. The van der Waals surface area contributed by atoms with E-state index in [4.69, 9.17) is 4.74 Å². The van der Waals surface area contributed by atoms with Gasteiger partial charge in [0, 0.05) is 22.9 Å². The number of carbonyl (C=O) groups is 1. The summed E-state index contributed by atoms with van der Waals surface area (Å²) in [5, 5.41) is 12.4. The third-order valence-corrected chi connectivity index (χ3v) is 4.38. The molecule has 0 radical (unpaired) electrons. The van der Waals surface area contributed by atoms with Gasteiger partial charge in [0.1, 0.15) is 0 Å². The SMILES string of the molecule is C[C@H](O)c1ccc(CCNC(=O)[C@@H]2CCOC2)s1. The van der Waals surface area contributed by atoms with Crippen molar-refractivity contribution >= 4 is 17.2 Å². The number of ether oxygens (including phenoxy) is 1. The first-order chi connectivity index (χ1) is 8.66. The fourth-order valence-corrected chi connectivity index (χ4v) is 2.90. The normalized spacial score (nSPS) is 20.9. The molecule has 0 unspecified atom stereocenters. The van der Waals surface area contributed by atoms with Gasteiger partial charge in [-0.2, -0.15) is 0 Å². The van der Waals surface area contributed by atoms with Crippen molar-refractivity contribution in [3.63, 3.8) is 0 Å². The van der Waals surface area contributed by atoms with Gasteiger partial charge in [0.15, 0.2) is 0 Å². The van der Waals surface area contributed by atoms with Gasteiger partial charge in [0.2, 0.25) is 5.91 Å². The Hall–Kier alpha value is -0.910. The first-order valence-electron chi connectivity index (χ1n) is 6.29. The highest BCUT2D eigenvalue weighted by atomic mass is 32.1. The number of hydrogen-bond acceptors (Lipinski definition) is 4. The molecule has 4 nitrogen and oxygen atoms in total. The lowest BCUT2D eigenvalue weighted by molar-refractivity contribution is -0.124. The fourth-order valence-electron chi connectivity index (χ4n) is 1.95. The second-order valence-electron chi connectivity index (χ2n) is 4.58. The molecule has 0 saturated carbocycles. The van der Waals surface area contributed by atoms with E-state index >= 15 is 0 Å². The van der Waals surface area contributed by atoms with Gasteiger partial charge in [-0.1, -0.05) is 0 Å². The molecule has 1 amide bonds. The zero-order valence-corrected chi connectivity index (χ0v) is 11.3. The van der Waals surface area contributed by atoms with Crippen molar-refractivity contribution in [3.8, 4) is 0 Å². The topological polar surface area (TPSA) is 58.6 Å². The van der Waals surface area contributed by atoms with Crippen LogP contribution in [0, 0.1) is 5.92 Å². The fraction of sp³-hybridized carbons (Fsp3) is 0.615. The number of aliphatic hydroxyl groups excluding tert-OH is 1. The van der Waals surface area contributed by atoms with E-state index in [9.17, 15) is 9.90 Å².